The minimum absolute atomic E-state index is 0.709. The van der Waals surface area contributed by atoms with Gasteiger partial charge in [0, 0.05) is 16.0 Å². The summed E-state index contributed by atoms with van der Waals surface area (Å²) in [5, 5.41) is 4.33. The van der Waals surface area contributed by atoms with Crippen LogP contribution in [0.1, 0.15) is 33.3 Å². The van der Waals surface area contributed by atoms with Crippen molar-refractivity contribution in [3.63, 3.8) is 0 Å². The predicted molar refractivity (Wildman–Crippen MR) is 84.0 cm³/mol. The van der Waals surface area contributed by atoms with E-state index in [0.717, 1.165) is 22.6 Å². The molecule has 0 aliphatic rings. The second-order valence-electron chi connectivity index (χ2n) is 5.52. The summed E-state index contributed by atoms with van der Waals surface area (Å²) in [6, 6.07) is 5.92. The van der Waals surface area contributed by atoms with E-state index in [9.17, 15) is 0 Å². The Morgan fingerprint density at radius 1 is 1.17 bits per heavy atom. The van der Waals surface area contributed by atoms with Gasteiger partial charge in [0.1, 0.15) is 0 Å². The Kier molecular flexibility index (Phi) is 6.68. The summed E-state index contributed by atoms with van der Waals surface area (Å²) in [6.45, 7) is 11.1. The highest BCUT2D eigenvalue weighted by molar-refractivity contribution is 9.10. The minimum atomic E-state index is 0.709. The maximum Gasteiger partial charge on any atom is 0.0410 e. The molecule has 0 aromatic heterocycles. The summed E-state index contributed by atoms with van der Waals surface area (Å²) >= 11 is 9.57. The molecule has 1 N–H and O–H groups in total. The maximum absolute atomic E-state index is 6.01. The lowest BCUT2D eigenvalue weighted by Crippen LogP contribution is -2.29. The Hall–Kier alpha value is -0.0500. The van der Waals surface area contributed by atoms with E-state index >= 15 is 0 Å². The zero-order valence-corrected chi connectivity index (χ0v) is 14.0. The largest absolute Gasteiger partial charge is 0.312 e. The fourth-order valence-corrected chi connectivity index (χ4v) is 2.88. The van der Waals surface area contributed by atoms with Crippen molar-refractivity contribution in [3.05, 3.63) is 33.3 Å². The molecule has 0 amide bonds. The Bertz CT molecular complexity index is 369. The molecule has 0 aliphatic heterocycles. The summed E-state index contributed by atoms with van der Waals surface area (Å²) in [4.78, 5) is 0. The van der Waals surface area contributed by atoms with E-state index in [1.807, 2.05) is 18.2 Å². The van der Waals surface area contributed by atoms with E-state index < -0.39 is 0 Å². The van der Waals surface area contributed by atoms with Crippen LogP contribution in [0.3, 0.4) is 0 Å². The lowest BCUT2D eigenvalue weighted by Gasteiger charge is -2.25. The molecule has 0 heterocycles. The molecule has 0 saturated heterocycles. The summed E-state index contributed by atoms with van der Waals surface area (Å²) in [6.07, 6.45) is 0. The monoisotopic (exact) mass is 331 g/mol. The molecule has 1 aromatic rings. The van der Waals surface area contributed by atoms with Crippen LogP contribution in [0.5, 0.6) is 0 Å². The standard InChI is InChI=1S/C15H23BrClN/c1-10(2)14(11(3)4)9-18-8-12-7-13(17)5-6-15(12)16/h5-7,10-11,14,18H,8-9H2,1-4H3. The third-order valence-corrected chi connectivity index (χ3v) is 4.42. The molecular formula is C15H23BrClN. The fraction of sp³-hybridized carbons (Fsp3) is 0.600. The molecule has 0 atom stereocenters. The Morgan fingerprint density at radius 3 is 2.33 bits per heavy atom. The molecule has 0 aliphatic carbocycles. The van der Waals surface area contributed by atoms with Gasteiger partial charge in [0.25, 0.3) is 0 Å². The number of halogens is 2. The number of benzene rings is 1. The number of nitrogens with one attached hydrogen (secondary N) is 1. The van der Waals surface area contributed by atoms with Crippen LogP contribution in [0.25, 0.3) is 0 Å². The minimum Gasteiger partial charge on any atom is -0.312 e. The molecule has 1 aromatic carbocycles. The van der Waals surface area contributed by atoms with Crippen molar-refractivity contribution in [1.82, 2.24) is 5.32 Å². The number of hydrogen-bond donors (Lipinski definition) is 1. The van der Waals surface area contributed by atoms with Gasteiger partial charge in [-0.3, -0.25) is 0 Å². The van der Waals surface area contributed by atoms with Gasteiger partial charge < -0.3 is 5.32 Å². The summed E-state index contributed by atoms with van der Waals surface area (Å²) in [7, 11) is 0. The second kappa shape index (κ2) is 7.52. The Morgan fingerprint density at radius 2 is 1.78 bits per heavy atom. The lowest BCUT2D eigenvalue weighted by atomic mass is 9.85. The van der Waals surface area contributed by atoms with Gasteiger partial charge in [-0.15, -0.1) is 0 Å². The summed E-state index contributed by atoms with van der Waals surface area (Å²) in [5.41, 5.74) is 1.22. The highest BCUT2D eigenvalue weighted by Gasteiger charge is 2.16. The molecule has 3 heteroatoms. The van der Waals surface area contributed by atoms with Crippen molar-refractivity contribution in [2.45, 2.75) is 34.2 Å². The van der Waals surface area contributed by atoms with E-state index in [1.54, 1.807) is 0 Å². The molecule has 0 radical (unpaired) electrons. The van der Waals surface area contributed by atoms with E-state index in [-0.39, 0.29) is 0 Å². The van der Waals surface area contributed by atoms with E-state index in [4.69, 9.17) is 11.6 Å². The topological polar surface area (TPSA) is 12.0 Å². The smallest absolute Gasteiger partial charge is 0.0410 e. The van der Waals surface area contributed by atoms with Gasteiger partial charge >= 0.3 is 0 Å². The summed E-state index contributed by atoms with van der Waals surface area (Å²) < 4.78 is 1.12. The van der Waals surface area contributed by atoms with Crippen LogP contribution in [0, 0.1) is 17.8 Å². The van der Waals surface area contributed by atoms with E-state index in [1.165, 1.54) is 5.56 Å². The van der Waals surface area contributed by atoms with Crippen molar-refractivity contribution in [2.24, 2.45) is 17.8 Å². The fourth-order valence-electron chi connectivity index (χ4n) is 2.29. The van der Waals surface area contributed by atoms with Crippen LogP contribution in [-0.4, -0.2) is 6.54 Å². The summed E-state index contributed by atoms with van der Waals surface area (Å²) in [5.74, 6) is 2.13. The Balaban J connectivity index is 2.52. The van der Waals surface area contributed by atoms with Crippen LogP contribution in [-0.2, 0) is 6.54 Å². The van der Waals surface area contributed by atoms with Crippen LogP contribution >= 0.6 is 27.5 Å². The first-order valence-corrected chi connectivity index (χ1v) is 7.73. The van der Waals surface area contributed by atoms with Crippen LogP contribution < -0.4 is 5.32 Å². The average molecular weight is 333 g/mol. The maximum atomic E-state index is 6.01. The molecule has 18 heavy (non-hydrogen) atoms. The zero-order chi connectivity index (χ0) is 13.7. The Labute approximate surface area is 124 Å². The number of hydrogen-bond acceptors (Lipinski definition) is 1. The van der Waals surface area contributed by atoms with E-state index in [2.05, 4.69) is 48.9 Å². The van der Waals surface area contributed by atoms with Gasteiger partial charge in [-0.1, -0.05) is 55.2 Å². The molecular weight excluding hydrogens is 310 g/mol. The molecule has 1 nitrogen and oxygen atoms in total. The lowest BCUT2D eigenvalue weighted by molar-refractivity contribution is 0.275. The first-order valence-electron chi connectivity index (χ1n) is 6.56. The average Bonchev–Trinajstić information content (AvgIpc) is 2.27. The van der Waals surface area contributed by atoms with Gasteiger partial charge in [-0.05, 0) is 48.1 Å². The molecule has 0 unspecified atom stereocenters. The van der Waals surface area contributed by atoms with Crippen molar-refractivity contribution in [1.29, 1.82) is 0 Å². The third-order valence-electron chi connectivity index (χ3n) is 3.42. The van der Waals surface area contributed by atoms with Crippen molar-refractivity contribution in [3.8, 4) is 0 Å². The first kappa shape index (κ1) is 16.0. The highest BCUT2D eigenvalue weighted by atomic mass is 79.9. The first-order chi connectivity index (χ1) is 8.41. The van der Waals surface area contributed by atoms with Gasteiger partial charge in [0.05, 0.1) is 0 Å². The van der Waals surface area contributed by atoms with Gasteiger partial charge in [-0.2, -0.15) is 0 Å². The van der Waals surface area contributed by atoms with Gasteiger partial charge in [0.2, 0.25) is 0 Å². The zero-order valence-electron chi connectivity index (χ0n) is 11.6. The van der Waals surface area contributed by atoms with Crippen LogP contribution in [0.4, 0.5) is 0 Å². The van der Waals surface area contributed by atoms with Crippen molar-refractivity contribution in [2.75, 3.05) is 6.54 Å². The third kappa shape index (κ3) is 4.91. The number of rotatable bonds is 6. The molecule has 0 saturated carbocycles. The van der Waals surface area contributed by atoms with Gasteiger partial charge in [-0.25, -0.2) is 0 Å². The molecule has 1 rings (SSSR count). The van der Waals surface area contributed by atoms with Crippen LogP contribution in [0.2, 0.25) is 5.02 Å². The van der Waals surface area contributed by atoms with Crippen molar-refractivity contribution < 1.29 is 0 Å². The SMILES string of the molecule is CC(C)C(CNCc1cc(Cl)ccc1Br)C(C)C. The predicted octanol–water partition coefficient (Wildman–Crippen LogP) is 5.12. The normalized spacial score (nSPS) is 11.8. The second-order valence-corrected chi connectivity index (χ2v) is 6.81. The van der Waals surface area contributed by atoms with Crippen molar-refractivity contribution >= 4 is 27.5 Å². The quantitative estimate of drug-likeness (QED) is 0.762. The molecule has 102 valence electrons. The highest BCUT2D eigenvalue weighted by Crippen LogP contribution is 2.22. The molecule has 0 bridgehead atoms. The molecule has 0 spiro atoms. The van der Waals surface area contributed by atoms with Gasteiger partial charge in [0.15, 0.2) is 0 Å². The van der Waals surface area contributed by atoms with Crippen LogP contribution in [0.15, 0.2) is 22.7 Å². The van der Waals surface area contributed by atoms with E-state index in [0.29, 0.717) is 17.8 Å². The molecule has 0 fully saturated rings.